The third-order valence-corrected chi connectivity index (χ3v) is 5.62. The maximum Gasteiger partial charge on any atom is 0.347 e. The molecular formula is C22H29BrO7S. The second kappa shape index (κ2) is 14.1. The Morgan fingerprint density at radius 1 is 1.00 bits per heavy atom. The van der Waals surface area contributed by atoms with Gasteiger partial charge in [-0.3, -0.25) is 4.18 Å². The molecule has 0 radical (unpaired) electrons. The Balaban J connectivity index is 0.00000233. The normalized spacial score (nSPS) is 12.1. The Morgan fingerprint density at radius 2 is 1.65 bits per heavy atom. The summed E-state index contributed by atoms with van der Waals surface area (Å²) in [6.45, 7) is 5.96. The van der Waals surface area contributed by atoms with E-state index in [9.17, 15) is 9.00 Å². The second-order valence-corrected chi connectivity index (χ2v) is 7.93. The van der Waals surface area contributed by atoms with Gasteiger partial charge in [-0.2, -0.15) is 0 Å². The molecule has 2 unspecified atom stereocenters. The minimum atomic E-state index is -1.65. The van der Waals surface area contributed by atoms with Gasteiger partial charge in [-0.1, -0.05) is 31.5 Å². The van der Waals surface area contributed by atoms with Gasteiger partial charge in [0.05, 0.1) is 37.3 Å². The number of methoxy groups -OCH3 is 3. The first-order chi connectivity index (χ1) is 14.9. The lowest BCUT2D eigenvalue weighted by Gasteiger charge is -2.20. The summed E-state index contributed by atoms with van der Waals surface area (Å²) in [4.78, 5) is 12.7. The average molecular weight is 517 g/mol. The zero-order chi connectivity index (χ0) is 23.4. The Bertz CT molecular complexity index is 856. The van der Waals surface area contributed by atoms with Crippen molar-refractivity contribution in [3.63, 3.8) is 0 Å². The topological polar surface area (TPSA) is 80.3 Å². The van der Waals surface area contributed by atoms with Crippen molar-refractivity contribution in [1.29, 1.82) is 0 Å². The molecule has 0 heterocycles. The molecule has 0 N–H and O–H groups in total. The van der Waals surface area contributed by atoms with E-state index in [1.54, 1.807) is 24.3 Å². The van der Waals surface area contributed by atoms with Crippen LogP contribution in [0.25, 0.3) is 0 Å². The van der Waals surface area contributed by atoms with Crippen LogP contribution in [-0.2, 0) is 24.8 Å². The SMILES string of the molecule is CC.COC(=O)C(CCOS(=O)c1ccc(C)cc1)Oc1c(Br)ccc(OC)c1OC. The molecule has 9 heteroatoms. The Kier molecular flexibility index (Phi) is 12.2. The largest absolute Gasteiger partial charge is 0.493 e. The molecule has 0 aliphatic rings. The highest BCUT2D eigenvalue weighted by Gasteiger charge is 2.26. The van der Waals surface area contributed by atoms with Crippen LogP contribution in [0.15, 0.2) is 45.8 Å². The van der Waals surface area contributed by atoms with E-state index in [2.05, 4.69) is 15.9 Å². The van der Waals surface area contributed by atoms with Crippen LogP contribution in [0.4, 0.5) is 0 Å². The third kappa shape index (κ3) is 7.83. The number of halogens is 1. The molecule has 0 aliphatic heterocycles. The van der Waals surface area contributed by atoms with E-state index in [0.29, 0.717) is 26.6 Å². The predicted molar refractivity (Wildman–Crippen MR) is 123 cm³/mol. The molecule has 0 spiro atoms. The summed E-state index contributed by atoms with van der Waals surface area (Å²) < 4.78 is 39.5. The first-order valence-corrected chi connectivity index (χ1v) is 11.5. The van der Waals surface area contributed by atoms with E-state index in [1.165, 1.54) is 21.3 Å². The van der Waals surface area contributed by atoms with Crippen LogP contribution in [0.2, 0.25) is 0 Å². The van der Waals surface area contributed by atoms with Crippen molar-refractivity contribution in [3.8, 4) is 17.2 Å². The maximum absolute atomic E-state index is 12.3. The quantitative estimate of drug-likeness (QED) is 0.417. The summed E-state index contributed by atoms with van der Waals surface area (Å²) in [7, 11) is 4.24. The maximum atomic E-state index is 12.3. The zero-order valence-electron chi connectivity index (χ0n) is 18.6. The van der Waals surface area contributed by atoms with Gasteiger partial charge in [0.15, 0.2) is 28.7 Å². The van der Waals surface area contributed by atoms with Crippen molar-refractivity contribution in [2.75, 3.05) is 27.9 Å². The number of hydrogen-bond donors (Lipinski definition) is 0. The van der Waals surface area contributed by atoms with E-state index in [-0.39, 0.29) is 13.0 Å². The Hall–Kier alpha value is -2.10. The lowest BCUT2D eigenvalue weighted by atomic mass is 10.2. The van der Waals surface area contributed by atoms with Crippen molar-refractivity contribution in [3.05, 3.63) is 46.4 Å². The summed E-state index contributed by atoms with van der Waals surface area (Å²) in [6.07, 6.45) is -0.871. The Labute approximate surface area is 194 Å². The van der Waals surface area contributed by atoms with E-state index < -0.39 is 23.2 Å². The lowest BCUT2D eigenvalue weighted by Crippen LogP contribution is -2.30. The number of carbonyl (C=O) groups is 1. The van der Waals surface area contributed by atoms with Crippen LogP contribution in [0.3, 0.4) is 0 Å². The standard InChI is InChI=1S/C20H23BrO7S.C2H6/c1-13-5-7-14(8-6-13)29(23)27-12-11-17(20(22)26-4)28-18-15(21)9-10-16(24-2)19(18)25-3;1-2/h5-10,17H,11-12H2,1-4H3;1-2H3. The van der Waals surface area contributed by atoms with Crippen molar-refractivity contribution >= 4 is 33.0 Å². The van der Waals surface area contributed by atoms with Crippen LogP contribution in [0.5, 0.6) is 17.2 Å². The molecule has 172 valence electrons. The molecule has 0 saturated heterocycles. The van der Waals surface area contributed by atoms with Gasteiger partial charge in [0, 0.05) is 6.42 Å². The highest BCUT2D eigenvalue weighted by Crippen LogP contribution is 2.43. The minimum Gasteiger partial charge on any atom is -0.493 e. The van der Waals surface area contributed by atoms with Crippen molar-refractivity contribution < 1.29 is 32.1 Å². The van der Waals surface area contributed by atoms with Gasteiger partial charge in [-0.25, -0.2) is 9.00 Å². The van der Waals surface area contributed by atoms with E-state index in [0.717, 1.165) is 5.56 Å². The summed E-state index contributed by atoms with van der Waals surface area (Å²) in [6, 6.07) is 10.6. The first-order valence-electron chi connectivity index (χ1n) is 9.68. The molecule has 0 amide bonds. The molecule has 0 saturated carbocycles. The third-order valence-electron chi connectivity index (χ3n) is 3.96. The number of hydrogen-bond acceptors (Lipinski definition) is 7. The molecule has 2 atom stereocenters. The second-order valence-electron chi connectivity index (χ2n) is 5.90. The van der Waals surface area contributed by atoms with E-state index in [4.69, 9.17) is 23.1 Å². The van der Waals surface area contributed by atoms with Gasteiger partial charge in [-0.05, 0) is 47.1 Å². The number of rotatable bonds is 10. The smallest absolute Gasteiger partial charge is 0.347 e. The fourth-order valence-corrected chi connectivity index (χ4v) is 3.58. The molecule has 0 bridgehead atoms. The van der Waals surface area contributed by atoms with Crippen LogP contribution in [-0.4, -0.2) is 44.2 Å². The number of aryl methyl sites for hydroxylation is 1. The van der Waals surface area contributed by atoms with Gasteiger partial charge >= 0.3 is 5.97 Å². The fraction of sp³-hybridized carbons (Fsp3) is 0.409. The summed E-state index contributed by atoms with van der Waals surface area (Å²) >= 11 is 1.74. The highest BCUT2D eigenvalue weighted by atomic mass is 79.9. The molecule has 2 rings (SSSR count). The van der Waals surface area contributed by atoms with Crippen LogP contribution in [0.1, 0.15) is 25.8 Å². The predicted octanol–water partition coefficient (Wildman–Crippen LogP) is 4.85. The minimum absolute atomic E-state index is 0.0180. The zero-order valence-corrected chi connectivity index (χ0v) is 21.0. The molecule has 2 aromatic rings. The van der Waals surface area contributed by atoms with Crippen LogP contribution < -0.4 is 14.2 Å². The van der Waals surface area contributed by atoms with E-state index in [1.807, 2.05) is 32.9 Å². The highest BCUT2D eigenvalue weighted by molar-refractivity contribution is 9.10. The molecule has 0 fully saturated rings. The van der Waals surface area contributed by atoms with Gasteiger partial charge in [-0.15, -0.1) is 0 Å². The number of ether oxygens (including phenoxy) is 4. The van der Waals surface area contributed by atoms with Crippen molar-refractivity contribution in [2.24, 2.45) is 0 Å². The first kappa shape index (κ1) is 26.9. The van der Waals surface area contributed by atoms with Gasteiger partial charge in [0.25, 0.3) is 0 Å². The summed E-state index contributed by atoms with van der Waals surface area (Å²) in [5.74, 6) is 0.486. The van der Waals surface area contributed by atoms with Crippen molar-refractivity contribution in [2.45, 2.75) is 38.2 Å². The van der Waals surface area contributed by atoms with Gasteiger partial charge < -0.3 is 18.9 Å². The molecule has 2 aromatic carbocycles. The lowest BCUT2D eigenvalue weighted by molar-refractivity contribution is -0.149. The molecule has 31 heavy (non-hydrogen) atoms. The molecule has 0 aliphatic carbocycles. The average Bonchev–Trinajstić information content (AvgIpc) is 2.80. The molecular weight excluding hydrogens is 488 g/mol. The van der Waals surface area contributed by atoms with E-state index >= 15 is 0 Å². The number of benzene rings is 2. The number of carbonyl (C=O) groups excluding carboxylic acids is 1. The number of esters is 1. The summed E-state index contributed by atoms with van der Waals surface area (Å²) in [5.41, 5.74) is 1.06. The van der Waals surface area contributed by atoms with Gasteiger partial charge in [0.1, 0.15) is 0 Å². The Morgan fingerprint density at radius 3 is 2.19 bits per heavy atom. The van der Waals surface area contributed by atoms with Crippen LogP contribution in [0, 0.1) is 6.92 Å². The van der Waals surface area contributed by atoms with Crippen molar-refractivity contribution in [1.82, 2.24) is 0 Å². The van der Waals surface area contributed by atoms with Gasteiger partial charge in [0.2, 0.25) is 5.75 Å². The van der Waals surface area contributed by atoms with Crippen LogP contribution >= 0.6 is 15.9 Å². The molecule has 7 nitrogen and oxygen atoms in total. The monoisotopic (exact) mass is 516 g/mol. The fourth-order valence-electron chi connectivity index (χ4n) is 2.43. The molecule has 0 aromatic heterocycles. The summed E-state index contributed by atoms with van der Waals surface area (Å²) in [5, 5.41) is 0.